The lowest BCUT2D eigenvalue weighted by Gasteiger charge is -2.23. The number of anilines is 1. The second-order valence-electron chi connectivity index (χ2n) is 4.68. The van der Waals surface area contributed by atoms with E-state index in [4.69, 9.17) is 4.74 Å². The molecule has 0 radical (unpaired) electrons. The standard InChI is InChI=1S/C11H15N5O3/c17-9-4-8(16-11(15-9)13-6-14-16)10(18)12-5-7-2-1-3-19-7/h6-8H,1-5H2,(H,12,18)(H,13,14,15,17)/t7-,8+/m1/s1. The van der Waals surface area contributed by atoms with Crippen molar-refractivity contribution in [2.24, 2.45) is 0 Å². The highest BCUT2D eigenvalue weighted by atomic mass is 16.5. The normalized spacial score (nSPS) is 25.8. The Bertz CT molecular complexity index is 494. The van der Waals surface area contributed by atoms with Gasteiger partial charge in [0.1, 0.15) is 12.4 Å². The fourth-order valence-electron chi connectivity index (χ4n) is 2.35. The maximum Gasteiger partial charge on any atom is 0.245 e. The summed E-state index contributed by atoms with van der Waals surface area (Å²) in [6, 6.07) is -0.632. The molecule has 0 saturated carbocycles. The zero-order valence-electron chi connectivity index (χ0n) is 10.3. The van der Waals surface area contributed by atoms with Crippen molar-refractivity contribution in [2.75, 3.05) is 18.5 Å². The predicted molar refractivity (Wildman–Crippen MR) is 64.3 cm³/mol. The van der Waals surface area contributed by atoms with Crippen LogP contribution in [-0.4, -0.2) is 45.8 Å². The van der Waals surface area contributed by atoms with E-state index in [0.717, 1.165) is 19.4 Å². The second-order valence-corrected chi connectivity index (χ2v) is 4.68. The first-order valence-electron chi connectivity index (χ1n) is 6.32. The highest BCUT2D eigenvalue weighted by Crippen LogP contribution is 2.21. The van der Waals surface area contributed by atoms with Gasteiger partial charge in [0.2, 0.25) is 17.8 Å². The monoisotopic (exact) mass is 265 g/mol. The number of nitrogens with one attached hydrogen (secondary N) is 2. The van der Waals surface area contributed by atoms with Gasteiger partial charge >= 0.3 is 0 Å². The van der Waals surface area contributed by atoms with Crippen LogP contribution in [0.5, 0.6) is 0 Å². The van der Waals surface area contributed by atoms with E-state index in [9.17, 15) is 9.59 Å². The van der Waals surface area contributed by atoms with Gasteiger partial charge in [-0.1, -0.05) is 0 Å². The molecule has 0 aliphatic carbocycles. The van der Waals surface area contributed by atoms with Crippen LogP contribution in [0.25, 0.3) is 0 Å². The number of rotatable bonds is 3. The van der Waals surface area contributed by atoms with Gasteiger partial charge < -0.3 is 10.1 Å². The van der Waals surface area contributed by atoms with E-state index in [1.54, 1.807) is 0 Å². The minimum atomic E-state index is -0.632. The minimum Gasteiger partial charge on any atom is -0.376 e. The Kier molecular flexibility index (Phi) is 3.16. The molecule has 19 heavy (non-hydrogen) atoms. The van der Waals surface area contributed by atoms with Crippen LogP contribution in [0, 0.1) is 0 Å². The van der Waals surface area contributed by atoms with Crippen LogP contribution in [0.3, 0.4) is 0 Å². The summed E-state index contributed by atoms with van der Waals surface area (Å²) in [6.45, 7) is 1.22. The third kappa shape index (κ3) is 2.43. The number of amides is 2. The van der Waals surface area contributed by atoms with Crippen LogP contribution in [0.2, 0.25) is 0 Å². The molecule has 1 fully saturated rings. The van der Waals surface area contributed by atoms with Crippen molar-refractivity contribution in [3.63, 3.8) is 0 Å². The molecule has 2 aliphatic heterocycles. The zero-order valence-corrected chi connectivity index (χ0v) is 10.3. The number of carbonyl (C=O) groups is 2. The lowest BCUT2D eigenvalue weighted by molar-refractivity contribution is -0.129. The summed E-state index contributed by atoms with van der Waals surface area (Å²) in [4.78, 5) is 27.5. The van der Waals surface area contributed by atoms with Gasteiger partial charge in [-0.3, -0.25) is 14.9 Å². The molecule has 2 amide bonds. The van der Waals surface area contributed by atoms with E-state index >= 15 is 0 Å². The molecule has 2 atom stereocenters. The third-order valence-electron chi connectivity index (χ3n) is 3.33. The average Bonchev–Trinajstić information content (AvgIpc) is 3.05. The molecule has 0 aromatic carbocycles. The fraction of sp³-hybridized carbons (Fsp3) is 0.636. The van der Waals surface area contributed by atoms with Gasteiger partial charge in [0, 0.05) is 13.2 Å². The maximum absolute atomic E-state index is 12.1. The molecule has 0 unspecified atom stereocenters. The van der Waals surface area contributed by atoms with Gasteiger partial charge in [-0.25, -0.2) is 4.68 Å². The number of aromatic nitrogens is 3. The van der Waals surface area contributed by atoms with Crippen molar-refractivity contribution in [1.29, 1.82) is 0 Å². The van der Waals surface area contributed by atoms with Crippen LogP contribution in [0.15, 0.2) is 6.33 Å². The molecule has 3 heterocycles. The van der Waals surface area contributed by atoms with E-state index in [0.29, 0.717) is 12.5 Å². The molecule has 1 aromatic heterocycles. The highest BCUT2D eigenvalue weighted by molar-refractivity contribution is 5.95. The minimum absolute atomic E-state index is 0.0771. The smallest absolute Gasteiger partial charge is 0.245 e. The maximum atomic E-state index is 12.1. The molecule has 2 N–H and O–H groups in total. The second kappa shape index (κ2) is 4.96. The molecule has 8 heteroatoms. The molecule has 1 aromatic rings. The van der Waals surface area contributed by atoms with Crippen LogP contribution in [0.4, 0.5) is 5.95 Å². The lowest BCUT2D eigenvalue weighted by atomic mass is 10.1. The van der Waals surface area contributed by atoms with Crippen molar-refractivity contribution in [1.82, 2.24) is 20.1 Å². The number of carbonyl (C=O) groups excluding carboxylic acids is 2. The van der Waals surface area contributed by atoms with E-state index in [1.165, 1.54) is 11.0 Å². The molecule has 2 aliphatic rings. The van der Waals surface area contributed by atoms with Crippen molar-refractivity contribution >= 4 is 17.8 Å². The molecule has 8 nitrogen and oxygen atoms in total. The first kappa shape index (κ1) is 12.1. The quantitative estimate of drug-likeness (QED) is 0.764. The van der Waals surface area contributed by atoms with E-state index in [1.807, 2.05) is 0 Å². The van der Waals surface area contributed by atoms with Gasteiger partial charge in [0.25, 0.3) is 0 Å². The topological polar surface area (TPSA) is 98.1 Å². The summed E-state index contributed by atoms with van der Waals surface area (Å²) in [5, 5.41) is 9.35. The summed E-state index contributed by atoms with van der Waals surface area (Å²) >= 11 is 0. The number of hydrogen-bond donors (Lipinski definition) is 2. The van der Waals surface area contributed by atoms with Crippen molar-refractivity contribution in [3.8, 4) is 0 Å². The zero-order chi connectivity index (χ0) is 13.2. The Morgan fingerprint density at radius 1 is 1.63 bits per heavy atom. The van der Waals surface area contributed by atoms with Gasteiger partial charge in [-0.05, 0) is 12.8 Å². The van der Waals surface area contributed by atoms with Crippen molar-refractivity contribution < 1.29 is 14.3 Å². The van der Waals surface area contributed by atoms with Crippen LogP contribution in [0.1, 0.15) is 25.3 Å². The molecule has 102 valence electrons. The van der Waals surface area contributed by atoms with Gasteiger partial charge in [0.05, 0.1) is 12.5 Å². The average molecular weight is 265 g/mol. The first-order chi connectivity index (χ1) is 9.24. The first-order valence-corrected chi connectivity index (χ1v) is 6.32. The van der Waals surface area contributed by atoms with Crippen LogP contribution in [-0.2, 0) is 14.3 Å². The van der Waals surface area contributed by atoms with Crippen LogP contribution >= 0.6 is 0 Å². The SMILES string of the molecule is O=C1C[C@@H](C(=O)NC[C@H]2CCCO2)n2ncnc2N1. The number of nitrogens with zero attached hydrogens (tertiary/aromatic N) is 3. The Morgan fingerprint density at radius 2 is 2.53 bits per heavy atom. The van der Waals surface area contributed by atoms with E-state index in [-0.39, 0.29) is 24.3 Å². The highest BCUT2D eigenvalue weighted by Gasteiger charge is 2.32. The van der Waals surface area contributed by atoms with Crippen molar-refractivity contribution in [2.45, 2.75) is 31.4 Å². The lowest BCUT2D eigenvalue weighted by Crippen LogP contribution is -2.41. The number of ether oxygens (including phenoxy) is 1. The summed E-state index contributed by atoms with van der Waals surface area (Å²) in [6.07, 6.45) is 3.46. The molecular weight excluding hydrogens is 250 g/mol. The molecular formula is C11H15N5O3. The molecule has 1 saturated heterocycles. The van der Waals surface area contributed by atoms with Crippen molar-refractivity contribution in [3.05, 3.63) is 6.33 Å². The Morgan fingerprint density at radius 3 is 3.32 bits per heavy atom. The van der Waals surface area contributed by atoms with Gasteiger partial charge in [-0.15, -0.1) is 0 Å². The molecule has 0 spiro atoms. The summed E-state index contributed by atoms with van der Waals surface area (Å²) in [7, 11) is 0. The van der Waals surface area contributed by atoms with E-state index < -0.39 is 6.04 Å². The largest absolute Gasteiger partial charge is 0.376 e. The summed E-state index contributed by atoms with van der Waals surface area (Å²) < 4.78 is 6.87. The van der Waals surface area contributed by atoms with E-state index in [2.05, 4.69) is 20.7 Å². The fourth-order valence-corrected chi connectivity index (χ4v) is 2.35. The Balaban J connectivity index is 1.65. The Labute approximate surface area is 109 Å². The number of hydrogen-bond acceptors (Lipinski definition) is 5. The third-order valence-corrected chi connectivity index (χ3v) is 3.33. The molecule has 3 rings (SSSR count). The number of fused-ring (bicyclic) bond motifs is 1. The molecule has 0 bridgehead atoms. The Hall–Kier alpha value is -1.96. The predicted octanol–water partition coefficient (Wildman–Crippen LogP) is -0.543. The van der Waals surface area contributed by atoms with Gasteiger partial charge in [-0.2, -0.15) is 10.1 Å². The summed E-state index contributed by atoms with van der Waals surface area (Å²) in [5.74, 6) is -0.136. The van der Waals surface area contributed by atoms with Gasteiger partial charge in [0.15, 0.2) is 0 Å². The van der Waals surface area contributed by atoms with Crippen LogP contribution < -0.4 is 10.6 Å². The summed E-state index contributed by atoms with van der Waals surface area (Å²) in [5.41, 5.74) is 0.